The molecule has 0 bridgehead atoms. The quantitative estimate of drug-likeness (QED) is 0.362. The van der Waals surface area contributed by atoms with E-state index in [0.717, 1.165) is 74.4 Å². The summed E-state index contributed by atoms with van der Waals surface area (Å²) in [5, 5.41) is 0. The van der Waals surface area contributed by atoms with E-state index in [1.54, 1.807) is 13.5 Å². The molecule has 1 radical (unpaired) electrons. The van der Waals surface area contributed by atoms with Gasteiger partial charge >= 0.3 is 0 Å². The number of piperazine rings is 1. The fourth-order valence-electron chi connectivity index (χ4n) is 4.36. The monoisotopic (exact) mass is 468 g/mol. The highest BCUT2D eigenvalue weighted by atomic mass is 16.1. The zero-order valence-corrected chi connectivity index (χ0v) is 20.2. The maximum atomic E-state index is 11.4. The number of nitrogens with two attached hydrogens (primary N) is 1. The average Bonchev–Trinajstić information content (AvgIpc) is 2.87. The maximum absolute atomic E-state index is 11.4. The lowest BCUT2D eigenvalue weighted by Gasteiger charge is -2.33. The van der Waals surface area contributed by atoms with E-state index in [4.69, 9.17) is 10.7 Å². The second kappa shape index (κ2) is 11.9. The van der Waals surface area contributed by atoms with Crippen molar-refractivity contribution in [1.82, 2.24) is 19.7 Å². The van der Waals surface area contributed by atoms with Gasteiger partial charge in [-0.25, -0.2) is 9.97 Å². The van der Waals surface area contributed by atoms with Crippen LogP contribution in [0, 0.1) is 6.92 Å². The Labute approximate surface area is 207 Å². The molecule has 179 valence electrons. The zero-order chi connectivity index (χ0) is 24.6. The van der Waals surface area contributed by atoms with Crippen molar-refractivity contribution in [2.45, 2.75) is 32.7 Å². The van der Waals surface area contributed by atoms with E-state index in [1.165, 1.54) is 11.1 Å². The molecule has 3 aromatic rings. The molecule has 2 heterocycles. The molecule has 1 aromatic heterocycles. The van der Waals surface area contributed by atoms with Crippen LogP contribution < -0.4 is 5.73 Å². The number of aryl methyl sites for hydroxylation is 3. The first-order valence-electron chi connectivity index (χ1n) is 12.0. The molecule has 4 rings (SSSR count). The number of nitrogens with zero attached hydrogens (tertiary/aromatic N) is 4. The highest BCUT2D eigenvalue weighted by molar-refractivity contribution is 6.64. The summed E-state index contributed by atoms with van der Waals surface area (Å²) < 4.78 is 0. The van der Waals surface area contributed by atoms with E-state index in [0.29, 0.717) is 12.0 Å². The lowest BCUT2D eigenvalue weighted by Crippen LogP contribution is -2.47. The van der Waals surface area contributed by atoms with Gasteiger partial charge in [0.1, 0.15) is 5.82 Å². The second-order valence-electron chi connectivity index (χ2n) is 9.07. The SMILES string of the molecule is Cc1cnc(Cc2ccc(CN3CCN([B]C=O)CC3)cc2)nc1CCc1cccc(C(N)=O)c1. The Hall–Kier alpha value is -3.36. The standard InChI is InChI=1S/C27H31BN5O2/c1-20-17-30-26(31-25(20)10-9-21-3-2-4-24(15-21)27(29)35)16-22-5-7-23(8-6-22)18-32-11-13-33(14-12-32)28-19-34/h2-8,15,17,19H,9-14,16,18H2,1H3,(H2,29,35). The van der Waals surface area contributed by atoms with Crippen molar-refractivity contribution in [2.24, 2.45) is 5.73 Å². The minimum absolute atomic E-state index is 0.408. The second-order valence-corrected chi connectivity index (χ2v) is 9.07. The summed E-state index contributed by atoms with van der Waals surface area (Å²) in [6, 6.07) is 16.1. The Bertz CT molecular complexity index is 1160. The Balaban J connectivity index is 1.33. The Morgan fingerprint density at radius 1 is 1.03 bits per heavy atom. The first-order chi connectivity index (χ1) is 17.0. The van der Waals surface area contributed by atoms with Gasteiger partial charge in [0, 0.05) is 56.6 Å². The van der Waals surface area contributed by atoms with Crippen molar-refractivity contribution >= 4 is 19.5 Å². The summed E-state index contributed by atoms with van der Waals surface area (Å²) in [5.41, 5.74) is 11.6. The van der Waals surface area contributed by atoms with Crippen LogP contribution in [-0.4, -0.2) is 65.4 Å². The Kier molecular flexibility index (Phi) is 8.39. The summed E-state index contributed by atoms with van der Waals surface area (Å²) in [4.78, 5) is 35.9. The highest BCUT2D eigenvalue weighted by Gasteiger charge is 2.17. The molecule has 35 heavy (non-hydrogen) atoms. The normalized spacial score (nSPS) is 14.5. The average molecular weight is 468 g/mol. The molecule has 7 nitrogen and oxygen atoms in total. The van der Waals surface area contributed by atoms with Crippen molar-refractivity contribution in [3.8, 4) is 0 Å². The van der Waals surface area contributed by atoms with Crippen molar-refractivity contribution in [1.29, 1.82) is 0 Å². The lowest BCUT2D eigenvalue weighted by molar-refractivity contribution is 0.1000. The molecule has 2 N–H and O–H groups in total. The fourth-order valence-corrected chi connectivity index (χ4v) is 4.36. The number of hydrogen-bond donors (Lipinski definition) is 1. The molecule has 1 aliphatic rings. The largest absolute Gasteiger partial charge is 0.366 e. The number of primary amides is 1. The van der Waals surface area contributed by atoms with E-state index >= 15 is 0 Å². The van der Waals surface area contributed by atoms with E-state index in [9.17, 15) is 9.59 Å². The number of amides is 1. The zero-order valence-electron chi connectivity index (χ0n) is 20.2. The van der Waals surface area contributed by atoms with Crippen LogP contribution in [-0.2, 0) is 30.6 Å². The van der Waals surface area contributed by atoms with Crippen LogP contribution in [0.3, 0.4) is 0 Å². The molecule has 1 saturated heterocycles. The fraction of sp³-hybridized carbons (Fsp3) is 0.333. The van der Waals surface area contributed by atoms with Crippen LogP contribution in [0.1, 0.15) is 44.1 Å². The molecule has 0 saturated carbocycles. The third-order valence-electron chi connectivity index (χ3n) is 6.46. The number of hydrogen-bond acceptors (Lipinski definition) is 6. The summed E-state index contributed by atoms with van der Waals surface area (Å²) in [6.45, 7) is 6.64. The van der Waals surface area contributed by atoms with Crippen LogP contribution in [0.2, 0.25) is 0 Å². The van der Waals surface area contributed by atoms with Gasteiger partial charge in [0.05, 0.1) is 6.19 Å². The molecule has 1 aliphatic heterocycles. The van der Waals surface area contributed by atoms with Crippen molar-refractivity contribution < 1.29 is 9.59 Å². The molecular weight excluding hydrogens is 437 g/mol. The molecule has 2 aromatic carbocycles. The number of carbonyl (C=O) groups excluding carboxylic acids is 2. The number of carbonyl (C=O) groups is 2. The van der Waals surface area contributed by atoms with Crippen molar-refractivity contribution in [2.75, 3.05) is 26.2 Å². The summed E-state index contributed by atoms with van der Waals surface area (Å²) >= 11 is 0. The van der Waals surface area contributed by atoms with Gasteiger partial charge in [-0.05, 0) is 54.2 Å². The van der Waals surface area contributed by atoms with E-state index < -0.39 is 5.91 Å². The van der Waals surface area contributed by atoms with Gasteiger partial charge < -0.3 is 15.3 Å². The summed E-state index contributed by atoms with van der Waals surface area (Å²) in [5.74, 6) is 0.404. The van der Waals surface area contributed by atoms with Gasteiger partial charge in [-0.3, -0.25) is 9.69 Å². The van der Waals surface area contributed by atoms with E-state index in [-0.39, 0.29) is 0 Å². The van der Waals surface area contributed by atoms with Crippen LogP contribution in [0.25, 0.3) is 0 Å². The molecular formula is C27H31BN5O2. The van der Waals surface area contributed by atoms with Gasteiger partial charge in [-0.2, -0.15) is 0 Å². The van der Waals surface area contributed by atoms with Gasteiger partial charge in [0.15, 0.2) is 0 Å². The number of aromatic nitrogens is 2. The van der Waals surface area contributed by atoms with Crippen LogP contribution in [0.15, 0.2) is 54.7 Å². The van der Waals surface area contributed by atoms with Crippen molar-refractivity contribution in [3.63, 3.8) is 0 Å². The van der Waals surface area contributed by atoms with E-state index in [1.807, 2.05) is 31.3 Å². The van der Waals surface area contributed by atoms with Gasteiger partial charge in [0.2, 0.25) is 5.91 Å². The maximum Gasteiger partial charge on any atom is 0.293 e. The Morgan fingerprint density at radius 3 is 2.49 bits per heavy atom. The first-order valence-corrected chi connectivity index (χ1v) is 12.0. The van der Waals surface area contributed by atoms with Crippen LogP contribution >= 0.6 is 0 Å². The molecule has 0 spiro atoms. The van der Waals surface area contributed by atoms with Gasteiger partial charge in [-0.15, -0.1) is 0 Å². The molecule has 1 amide bonds. The third-order valence-corrected chi connectivity index (χ3v) is 6.46. The summed E-state index contributed by atoms with van der Waals surface area (Å²) in [6.07, 6.45) is 5.01. The van der Waals surface area contributed by atoms with Gasteiger partial charge in [-0.1, -0.05) is 36.4 Å². The predicted molar refractivity (Wildman–Crippen MR) is 138 cm³/mol. The van der Waals surface area contributed by atoms with Crippen LogP contribution in [0.5, 0.6) is 0 Å². The smallest absolute Gasteiger partial charge is 0.293 e. The lowest BCUT2D eigenvalue weighted by atomic mass is 9.93. The Morgan fingerprint density at radius 2 is 1.77 bits per heavy atom. The van der Waals surface area contributed by atoms with Gasteiger partial charge in [0.25, 0.3) is 7.41 Å². The van der Waals surface area contributed by atoms with Crippen LogP contribution in [0.4, 0.5) is 0 Å². The molecule has 0 atom stereocenters. The predicted octanol–water partition coefficient (Wildman–Crippen LogP) is 2.19. The molecule has 0 unspecified atom stereocenters. The minimum Gasteiger partial charge on any atom is -0.366 e. The minimum atomic E-state index is -0.408. The topological polar surface area (TPSA) is 92.4 Å². The van der Waals surface area contributed by atoms with Crippen molar-refractivity contribution in [3.05, 3.63) is 94.1 Å². The first kappa shape index (κ1) is 24.8. The number of benzene rings is 2. The summed E-state index contributed by atoms with van der Waals surface area (Å²) in [7, 11) is 1.63. The molecule has 8 heteroatoms. The molecule has 0 aliphatic carbocycles. The van der Waals surface area contributed by atoms with E-state index in [2.05, 4.69) is 39.0 Å². The third kappa shape index (κ3) is 7.07. The highest BCUT2D eigenvalue weighted by Crippen LogP contribution is 2.15. The molecule has 1 fully saturated rings. The number of rotatable bonds is 10.